The maximum Gasteiger partial charge on any atom is 0.253 e. The molecule has 148 valence electrons. The van der Waals surface area contributed by atoms with Gasteiger partial charge in [-0.25, -0.2) is 0 Å². The first-order valence-corrected chi connectivity index (χ1v) is 10.1. The fourth-order valence-electron chi connectivity index (χ4n) is 3.56. The summed E-state index contributed by atoms with van der Waals surface area (Å²) >= 11 is 5.87. The molecule has 1 aliphatic heterocycles. The van der Waals surface area contributed by atoms with E-state index in [1.807, 2.05) is 58.3 Å². The van der Waals surface area contributed by atoms with Crippen LogP contribution >= 0.6 is 11.6 Å². The number of nitrogens with zero attached hydrogens (tertiary/aromatic N) is 2. The zero-order valence-electron chi connectivity index (χ0n) is 15.9. The molecular weight excluding hydrogens is 386 g/mol. The number of hydrogen-bond acceptors (Lipinski definition) is 2. The van der Waals surface area contributed by atoms with Gasteiger partial charge in [0.05, 0.1) is 0 Å². The van der Waals surface area contributed by atoms with Gasteiger partial charge in [-0.05, 0) is 73.5 Å². The lowest BCUT2D eigenvalue weighted by molar-refractivity contribution is 0.0698. The van der Waals surface area contributed by atoms with Crippen LogP contribution in [-0.4, -0.2) is 40.4 Å². The molecule has 2 aromatic carbocycles. The molecule has 0 unspecified atom stereocenters. The minimum absolute atomic E-state index is 0.0338. The van der Waals surface area contributed by atoms with Crippen LogP contribution in [0.5, 0.6) is 0 Å². The summed E-state index contributed by atoms with van der Waals surface area (Å²) in [7, 11) is 0. The van der Waals surface area contributed by atoms with Crippen molar-refractivity contribution in [3.8, 4) is 5.69 Å². The minimum Gasteiger partial charge on any atom is -0.349 e. The maximum atomic E-state index is 12.8. The third kappa shape index (κ3) is 4.51. The van der Waals surface area contributed by atoms with Crippen molar-refractivity contribution in [3.63, 3.8) is 0 Å². The van der Waals surface area contributed by atoms with Crippen molar-refractivity contribution in [3.05, 3.63) is 89.2 Å². The smallest absolute Gasteiger partial charge is 0.253 e. The molecule has 0 radical (unpaired) electrons. The highest BCUT2D eigenvalue weighted by Gasteiger charge is 2.25. The van der Waals surface area contributed by atoms with E-state index < -0.39 is 0 Å². The van der Waals surface area contributed by atoms with E-state index in [1.165, 1.54) is 0 Å². The Bertz CT molecular complexity index is 974. The summed E-state index contributed by atoms with van der Waals surface area (Å²) < 4.78 is 2.00. The SMILES string of the molecule is O=C(NC1CCN(C(=O)c2ccc(-n3cccc3)cc2)CC1)c1ccc(Cl)cc1. The van der Waals surface area contributed by atoms with Crippen LogP contribution in [0.3, 0.4) is 0 Å². The molecule has 0 aliphatic carbocycles. The standard InChI is InChI=1S/C23H22ClN3O2/c24-19-7-3-17(4-8-19)22(28)25-20-11-15-27(16-12-20)23(29)18-5-9-21(10-6-18)26-13-1-2-14-26/h1-10,13-14,20H,11-12,15-16H2,(H,25,28). The summed E-state index contributed by atoms with van der Waals surface area (Å²) in [6, 6.07) is 18.5. The lowest BCUT2D eigenvalue weighted by Crippen LogP contribution is -2.46. The number of aromatic nitrogens is 1. The van der Waals surface area contributed by atoms with Gasteiger partial charge < -0.3 is 14.8 Å². The number of rotatable bonds is 4. The molecule has 3 aromatic rings. The molecule has 1 aromatic heterocycles. The van der Waals surface area contributed by atoms with Crippen LogP contribution < -0.4 is 5.32 Å². The first-order chi connectivity index (χ1) is 14.1. The number of hydrogen-bond donors (Lipinski definition) is 1. The third-order valence-electron chi connectivity index (χ3n) is 5.24. The van der Waals surface area contributed by atoms with Gasteiger partial charge in [0, 0.05) is 53.4 Å². The zero-order valence-corrected chi connectivity index (χ0v) is 16.7. The van der Waals surface area contributed by atoms with Crippen molar-refractivity contribution < 1.29 is 9.59 Å². The molecular formula is C23H22ClN3O2. The van der Waals surface area contributed by atoms with E-state index in [0.29, 0.717) is 29.2 Å². The summed E-state index contributed by atoms with van der Waals surface area (Å²) in [6.07, 6.45) is 5.43. The second kappa shape index (κ2) is 8.53. The Balaban J connectivity index is 1.31. The third-order valence-corrected chi connectivity index (χ3v) is 5.49. The van der Waals surface area contributed by atoms with E-state index in [0.717, 1.165) is 18.5 Å². The monoisotopic (exact) mass is 407 g/mol. The molecule has 6 heteroatoms. The predicted molar refractivity (Wildman–Crippen MR) is 114 cm³/mol. The summed E-state index contributed by atoms with van der Waals surface area (Å²) in [5, 5.41) is 3.66. The largest absolute Gasteiger partial charge is 0.349 e. The van der Waals surface area contributed by atoms with Gasteiger partial charge in [-0.2, -0.15) is 0 Å². The first kappa shape index (κ1) is 19.3. The Kier molecular flexibility index (Phi) is 5.67. The highest BCUT2D eigenvalue weighted by atomic mass is 35.5. The van der Waals surface area contributed by atoms with Crippen LogP contribution in [0.15, 0.2) is 73.1 Å². The van der Waals surface area contributed by atoms with Crippen LogP contribution in [0.2, 0.25) is 5.02 Å². The average molecular weight is 408 g/mol. The van der Waals surface area contributed by atoms with Gasteiger partial charge in [0.25, 0.3) is 11.8 Å². The lowest BCUT2D eigenvalue weighted by atomic mass is 10.0. The van der Waals surface area contributed by atoms with Gasteiger partial charge in [0.2, 0.25) is 0 Å². The van der Waals surface area contributed by atoms with Crippen molar-refractivity contribution in [1.82, 2.24) is 14.8 Å². The number of nitrogens with one attached hydrogen (secondary N) is 1. The van der Waals surface area contributed by atoms with Crippen LogP contribution in [0.4, 0.5) is 0 Å². The van der Waals surface area contributed by atoms with E-state index in [1.54, 1.807) is 24.3 Å². The fraction of sp³-hybridized carbons (Fsp3) is 0.217. The van der Waals surface area contributed by atoms with Crippen molar-refractivity contribution in [2.75, 3.05) is 13.1 Å². The highest BCUT2D eigenvalue weighted by Crippen LogP contribution is 2.17. The van der Waals surface area contributed by atoms with Crippen molar-refractivity contribution in [1.29, 1.82) is 0 Å². The van der Waals surface area contributed by atoms with Crippen LogP contribution in [0.1, 0.15) is 33.6 Å². The second-order valence-corrected chi connectivity index (χ2v) is 7.62. The van der Waals surface area contributed by atoms with Gasteiger partial charge in [-0.3, -0.25) is 9.59 Å². The van der Waals surface area contributed by atoms with Gasteiger partial charge >= 0.3 is 0 Å². The number of carbonyl (C=O) groups excluding carboxylic acids is 2. The Labute approximate surface area is 174 Å². The fourth-order valence-corrected chi connectivity index (χ4v) is 3.69. The summed E-state index contributed by atoms with van der Waals surface area (Å²) in [5.41, 5.74) is 2.30. The van der Waals surface area contributed by atoms with Crippen LogP contribution in [0.25, 0.3) is 5.69 Å². The number of likely N-dealkylation sites (tertiary alicyclic amines) is 1. The molecule has 2 amide bonds. The Morgan fingerprint density at radius 3 is 2.07 bits per heavy atom. The van der Waals surface area contributed by atoms with Crippen molar-refractivity contribution in [2.45, 2.75) is 18.9 Å². The molecule has 0 spiro atoms. The number of halogens is 1. The molecule has 0 atom stereocenters. The average Bonchev–Trinajstić information content (AvgIpc) is 3.29. The quantitative estimate of drug-likeness (QED) is 0.705. The van der Waals surface area contributed by atoms with E-state index in [2.05, 4.69) is 5.32 Å². The molecule has 1 fully saturated rings. The molecule has 1 saturated heterocycles. The normalized spacial score (nSPS) is 14.6. The second-order valence-electron chi connectivity index (χ2n) is 7.18. The first-order valence-electron chi connectivity index (χ1n) is 9.69. The Hall–Kier alpha value is -3.05. The molecule has 5 nitrogen and oxygen atoms in total. The van der Waals surface area contributed by atoms with Crippen LogP contribution in [-0.2, 0) is 0 Å². The molecule has 0 saturated carbocycles. The number of piperidine rings is 1. The summed E-state index contributed by atoms with van der Waals surface area (Å²) in [4.78, 5) is 27.0. The molecule has 0 bridgehead atoms. The summed E-state index contributed by atoms with van der Waals surface area (Å²) in [5.74, 6) is -0.0708. The lowest BCUT2D eigenvalue weighted by Gasteiger charge is -2.32. The van der Waals surface area contributed by atoms with Crippen molar-refractivity contribution in [2.24, 2.45) is 0 Å². The maximum absolute atomic E-state index is 12.8. The number of carbonyl (C=O) groups is 2. The molecule has 1 aliphatic rings. The molecule has 4 rings (SSSR count). The number of amides is 2. The minimum atomic E-state index is -0.105. The van der Waals surface area contributed by atoms with E-state index in [9.17, 15) is 9.59 Å². The highest BCUT2D eigenvalue weighted by molar-refractivity contribution is 6.30. The Morgan fingerprint density at radius 1 is 0.862 bits per heavy atom. The van der Waals surface area contributed by atoms with Crippen molar-refractivity contribution >= 4 is 23.4 Å². The Morgan fingerprint density at radius 2 is 1.45 bits per heavy atom. The molecule has 29 heavy (non-hydrogen) atoms. The van der Waals surface area contributed by atoms with E-state index in [4.69, 9.17) is 11.6 Å². The van der Waals surface area contributed by atoms with Gasteiger partial charge in [0.15, 0.2) is 0 Å². The van der Waals surface area contributed by atoms with E-state index >= 15 is 0 Å². The zero-order chi connectivity index (χ0) is 20.2. The van der Waals surface area contributed by atoms with Gasteiger partial charge in [0.1, 0.15) is 0 Å². The number of benzene rings is 2. The topological polar surface area (TPSA) is 54.3 Å². The van der Waals surface area contributed by atoms with E-state index in [-0.39, 0.29) is 17.9 Å². The predicted octanol–water partition coefficient (Wildman–Crippen LogP) is 4.17. The molecule has 2 heterocycles. The van der Waals surface area contributed by atoms with Gasteiger partial charge in [-0.15, -0.1) is 0 Å². The van der Waals surface area contributed by atoms with Gasteiger partial charge in [-0.1, -0.05) is 11.6 Å². The van der Waals surface area contributed by atoms with Crippen LogP contribution in [0, 0.1) is 0 Å². The molecule has 1 N–H and O–H groups in total. The summed E-state index contributed by atoms with van der Waals surface area (Å²) in [6.45, 7) is 1.26.